The second-order valence-electron chi connectivity index (χ2n) is 8.63. The quantitative estimate of drug-likeness (QED) is 0.460. The van der Waals surface area contributed by atoms with E-state index in [0.717, 1.165) is 47.7 Å². The number of β-lactam (4-membered cyclic amide) rings is 1. The number of nitrogens with zero attached hydrogens (tertiary/aromatic N) is 5. The lowest BCUT2D eigenvalue weighted by Gasteiger charge is -2.48. The van der Waals surface area contributed by atoms with Crippen LogP contribution in [0.1, 0.15) is 35.8 Å². The van der Waals surface area contributed by atoms with Crippen LogP contribution in [-0.2, 0) is 11.0 Å². The third kappa shape index (κ3) is 3.20. The summed E-state index contributed by atoms with van der Waals surface area (Å²) in [5.74, 6) is 0.675. The third-order valence-corrected chi connectivity index (χ3v) is 6.52. The van der Waals surface area contributed by atoms with Gasteiger partial charge in [-0.05, 0) is 55.5 Å². The molecule has 0 spiro atoms. The number of imidazole rings is 2. The van der Waals surface area contributed by atoms with Gasteiger partial charge in [0.15, 0.2) is 5.69 Å². The van der Waals surface area contributed by atoms with Crippen LogP contribution in [0.5, 0.6) is 0 Å². The minimum Gasteiger partial charge on any atom is -0.345 e. The number of amides is 1. The van der Waals surface area contributed by atoms with E-state index in [9.17, 15) is 18.0 Å². The maximum atomic E-state index is 13.2. The Morgan fingerprint density at radius 1 is 1.12 bits per heavy atom. The molecule has 4 aromatic rings. The lowest BCUT2D eigenvalue weighted by Crippen LogP contribution is -2.56. The summed E-state index contributed by atoms with van der Waals surface area (Å²) >= 11 is 0. The topological polar surface area (TPSA) is 79.7 Å². The molecular formula is C23H19F3N6O. The number of fused-ring (bicyclic) bond motifs is 1. The van der Waals surface area contributed by atoms with Gasteiger partial charge in [0.25, 0.3) is 0 Å². The molecule has 1 aliphatic heterocycles. The zero-order valence-corrected chi connectivity index (χ0v) is 17.5. The lowest BCUT2D eigenvalue weighted by atomic mass is 9.78. The van der Waals surface area contributed by atoms with Crippen molar-refractivity contribution < 1.29 is 18.0 Å². The molecule has 7 nitrogen and oxygen atoms in total. The summed E-state index contributed by atoms with van der Waals surface area (Å²) in [6.07, 6.45) is 1.18. The van der Waals surface area contributed by atoms with Gasteiger partial charge in [-0.2, -0.15) is 13.2 Å². The molecule has 2 atom stereocenters. The van der Waals surface area contributed by atoms with E-state index in [4.69, 9.17) is 0 Å². The molecule has 2 aliphatic rings. The number of pyridine rings is 1. The van der Waals surface area contributed by atoms with E-state index in [2.05, 4.69) is 19.9 Å². The molecule has 33 heavy (non-hydrogen) atoms. The molecule has 1 saturated carbocycles. The molecule has 168 valence electrons. The number of aromatic nitrogens is 5. The number of hydrogen-bond acceptors (Lipinski definition) is 4. The summed E-state index contributed by atoms with van der Waals surface area (Å²) in [7, 11) is 0. The predicted octanol–water partition coefficient (Wildman–Crippen LogP) is 4.58. The Balaban J connectivity index is 1.37. The van der Waals surface area contributed by atoms with Gasteiger partial charge in [0.1, 0.15) is 12.1 Å². The summed E-state index contributed by atoms with van der Waals surface area (Å²) in [4.78, 5) is 30.3. The normalized spacial score (nSPS) is 21.0. The Morgan fingerprint density at radius 3 is 2.64 bits per heavy atom. The number of carbonyl (C=O) groups is 1. The molecule has 2 fully saturated rings. The molecule has 1 amide bonds. The molecule has 0 bridgehead atoms. The van der Waals surface area contributed by atoms with E-state index in [1.54, 1.807) is 17.3 Å². The Labute approximate surface area is 186 Å². The second kappa shape index (κ2) is 6.90. The van der Waals surface area contributed by atoms with E-state index < -0.39 is 11.9 Å². The monoisotopic (exact) mass is 452 g/mol. The van der Waals surface area contributed by atoms with E-state index >= 15 is 0 Å². The number of rotatable bonds is 4. The highest BCUT2D eigenvalue weighted by atomic mass is 19.4. The first-order chi connectivity index (χ1) is 15.8. The summed E-state index contributed by atoms with van der Waals surface area (Å²) in [5, 5.41) is 0. The van der Waals surface area contributed by atoms with Gasteiger partial charge in [-0.1, -0.05) is 6.07 Å². The fraction of sp³-hybridized carbons (Fsp3) is 0.304. The Bertz CT molecular complexity index is 1390. The smallest absolute Gasteiger partial charge is 0.345 e. The first kappa shape index (κ1) is 20.0. The van der Waals surface area contributed by atoms with Gasteiger partial charge in [0, 0.05) is 17.6 Å². The van der Waals surface area contributed by atoms with Crippen molar-refractivity contribution in [2.75, 3.05) is 4.90 Å². The highest BCUT2D eigenvalue weighted by Gasteiger charge is 2.55. The van der Waals surface area contributed by atoms with Crippen LogP contribution in [0, 0.1) is 18.8 Å². The third-order valence-electron chi connectivity index (χ3n) is 6.52. The predicted molar refractivity (Wildman–Crippen MR) is 114 cm³/mol. The molecule has 1 aliphatic carbocycles. The summed E-state index contributed by atoms with van der Waals surface area (Å²) in [5.41, 5.74) is 3.04. The minimum absolute atomic E-state index is 0.0882. The standard InChI is InChI=1S/C23H19F3N6O/c1-12-15(5-7-19(30-12)31-9-18(29-11-31)23(24,25)26)21-20(13-2-3-13)22(33)32(21)14-4-6-16-17(8-14)28-10-27-16/h4-11,13,20-21H,2-3H2,1H3,(H,27,28)/t20-,21+/m0/s1. The van der Waals surface area contributed by atoms with Crippen LogP contribution < -0.4 is 4.90 Å². The molecule has 10 heteroatoms. The number of H-pyrrole nitrogens is 1. The first-order valence-electron chi connectivity index (χ1n) is 10.7. The van der Waals surface area contributed by atoms with E-state index in [0.29, 0.717) is 17.4 Å². The fourth-order valence-corrected chi connectivity index (χ4v) is 4.73. The molecule has 3 aromatic heterocycles. The minimum atomic E-state index is -4.51. The average Bonchev–Trinajstić information content (AvgIpc) is 3.25. The largest absolute Gasteiger partial charge is 0.434 e. The van der Waals surface area contributed by atoms with Crippen molar-refractivity contribution in [1.29, 1.82) is 0 Å². The van der Waals surface area contributed by atoms with Gasteiger partial charge in [-0.15, -0.1) is 0 Å². The molecular weight excluding hydrogens is 433 g/mol. The van der Waals surface area contributed by atoms with E-state index in [-0.39, 0.29) is 17.9 Å². The number of nitrogens with one attached hydrogen (secondary N) is 1. The number of halogens is 3. The van der Waals surface area contributed by atoms with Gasteiger partial charge in [-0.25, -0.2) is 15.0 Å². The van der Waals surface area contributed by atoms with Crippen LogP contribution in [0.3, 0.4) is 0 Å². The summed E-state index contributed by atoms with van der Waals surface area (Å²) < 4.78 is 40.0. The molecule has 6 rings (SSSR count). The van der Waals surface area contributed by atoms with Gasteiger partial charge in [-0.3, -0.25) is 9.36 Å². The number of carbonyl (C=O) groups excluding carboxylic acids is 1. The highest BCUT2D eigenvalue weighted by molar-refractivity contribution is 6.04. The summed E-state index contributed by atoms with van der Waals surface area (Å²) in [6, 6.07) is 9.05. The number of alkyl halides is 3. The van der Waals surface area contributed by atoms with Gasteiger partial charge < -0.3 is 9.88 Å². The number of benzene rings is 1. The Kier molecular flexibility index (Phi) is 4.17. The molecule has 4 heterocycles. The lowest BCUT2D eigenvalue weighted by molar-refractivity contribution is -0.141. The van der Waals surface area contributed by atoms with Crippen LogP contribution >= 0.6 is 0 Å². The zero-order chi connectivity index (χ0) is 22.9. The van der Waals surface area contributed by atoms with Crippen molar-refractivity contribution in [3.63, 3.8) is 0 Å². The van der Waals surface area contributed by atoms with E-state index in [1.807, 2.05) is 31.2 Å². The van der Waals surface area contributed by atoms with Crippen LogP contribution in [0.25, 0.3) is 16.9 Å². The average molecular weight is 452 g/mol. The maximum absolute atomic E-state index is 13.2. The van der Waals surface area contributed by atoms with Crippen molar-refractivity contribution in [2.24, 2.45) is 11.8 Å². The SMILES string of the molecule is Cc1nc(-n2cnc(C(F)(F)F)c2)ccc1[C@@H]1[C@H](C2CC2)C(=O)N1c1ccc2[nH]cnc2c1. The van der Waals surface area contributed by atoms with Crippen molar-refractivity contribution in [2.45, 2.75) is 32.0 Å². The number of aryl methyl sites for hydroxylation is 1. The van der Waals surface area contributed by atoms with Gasteiger partial charge in [0.05, 0.1) is 29.3 Å². The summed E-state index contributed by atoms with van der Waals surface area (Å²) in [6.45, 7) is 1.82. The van der Waals surface area contributed by atoms with Crippen molar-refractivity contribution in [1.82, 2.24) is 24.5 Å². The van der Waals surface area contributed by atoms with Crippen LogP contribution in [0.4, 0.5) is 18.9 Å². The van der Waals surface area contributed by atoms with Crippen LogP contribution in [0.2, 0.25) is 0 Å². The molecule has 0 unspecified atom stereocenters. The zero-order valence-electron chi connectivity index (χ0n) is 17.5. The van der Waals surface area contributed by atoms with Crippen molar-refractivity contribution in [3.05, 3.63) is 66.1 Å². The van der Waals surface area contributed by atoms with Gasteiger partial charge in [0.2, 0.25) is 5.91 Å². The van der Waals surface area contributed by atoms with Crippen molar-refractivity contribution >= 4 is 22.6 Å². The molecule has 1 N–H and O–H groups in total. The first-order valence-corrected chi connectivity index (χ1v) is 10.7. The molecule has 1 aromatic carbocycles. The number of hydrogen-bond donors (Lipinski definition) is 1. The highest BCUT2D eigenvalue weighted by Crippen LogP contribution is 2.54. The van der Waals surface area contributed by atoms with Gasteiger partial charge >= 0.3 is 6.18 Å². The van der Waals surface area contributed by atoms with E-state index in [1.165, 1.54) is 4.57 Å². The molecule has 1 saturated heterocycles. The Hall–Kier alpha value is -3.69. The Morgan fingerprint density at radius 2 is 1.94 bits per heavy atom. The number of aromatic amines is 1. The van der Waals surface area contributed by atoms with Crippen LogP contribution in [-0.4, -0.2) is 30.4 Å². The van der Waals surface area contributed by atoms with Crippen LogP contribution in [0.15, 0.2) is 49.2 Å². The number of anilines is 1. The molecule has 0 radical (unpaired) electrons. The maximum Gasteiger partial charge on any atom is 0.434 e. The fourth-order valence-electron chi connectivity index (χ4n) is 4.73. The van der Waals surface area contributed by atoms with Crippen molar-refractivity contribution in [3.8, 4) is 5.82 Å². The second-order valence-corrected chi connectivity index (χ2v) is 8.63.